The van der Waals surface area contributed by atoms with E-state index in [9.17, 15) is 14.0 Å². The summed E-state index contributed by atoms with van der Waals surface area (Å²) in [7, 11) is 1.58. The van der Waals surface area contributed by atoms with Crippen LogP contribution in [0.4, 0.5) is 4.39 Å². The first kappa shape index (κ1) is 17.0. The lowest BCUT2D eigenvalue weighted by Gasteiger charge is -2.09. The average molecular weight is 337 g/mol. The van der Waals surface area contributed by atoms with Crippen molar-refractivity contribution in [1.29, 1.82) is 0 Å². The molecule has 23 heavy (non-hydrogen) atoms. The van der Waals surface area contributed by atoms with E-state index < -0.39 is 24.6 Å². The molecule has 0 fully saturated rings. The highest BCUT2D eigenvalue weighted by atomic mass is 32.1. The number of hydrogen-bond donors (Lipinski definition) is 2. The van der Waals surface area contributed by atoms with Crippen LogP contribution in [0.2, 0.25) is 0 Å². The van der Waals surface area contributed by atoms with E-state index in [0.717, 1.165) is 21.8 Å². The molecule has 0 aliphatic heterocycles. The van der Waals surface area contributed by atoms with Gasteiger partial charge in [0.2, 0.25) is 0 Å². The molecule has 2 N–H and O–H groups in total. The Morgan fingerprint density at radius 1 is 1.35 bits per heavy atom. The third-order valence-corrected chi connectivity index (χ3v) is 4.35. The summed E-state index contributed by atoms with van der Waals surface area (Å²) in [6, 6.07) is 7.52. The Morgan fingerprint density at radius 3 is 2.52 bits per heavy atom. The number of rotatable bonds is 6. The maximum Gasteiger partial charge on any atom is 0.328 e. The molecule has 0 saturated carbocycles. The largest absolute Gasteiger partial charge is 0.497 e. The lowest BCUT2D eigenvalue weighted by Crippen LogP contribution is -2.42. The number of alkyl halides is 1. The van der Waals surface area contributed by atoms with Crippen LogP contribution in [0.3, 0.4) is 0 Å². The number of carbonyl (C=O) groups is 2. The van der Waals surface area contributed by atoms with Crippen molar-refractivity contribution >= 4 is 23.2 Å². The van der Waals surface area contributed by atoms with Gasteiger partial charge in [0.1, 0.15) is 12.4 Å². The summed E-state index contributed by atoms with van der Waals surface area (Å²) < 4.78 is 17.7. The lowest BCUT2D eigenvalue weighted by atomic mass is 10.1. The van der Waals surface area contributed by atoms with Crippen molar-refractivity contribution < 1.29 is 23.8 Å². The third-order valence-electron chi connectivity index (χ3n) is 3.30. The van der Waals surface area contributed by atoms with Gasteiger partial charge in [-0.2, -0.15) is 0 Å². The van der Waals surface area contributed by atoms with Crippen LogP contribution < -0.4 is 10.1 Å². The Hall–Kier alpha value is -2.41. The van der Waals surface area contributed by atoms with Crippen molar-refractivity contribution in [2.75, 3.05) is 13.8 Å². The van der Waals surface area contributed by atoms with Crippen molar-refractivity contribution in [1.82, 2.24) is 5.32 Å². The van der Waals surface area contributed by atoms with E-state index in [1.54, 1.807) is 13.2 Å². The second kappa shape index (κ2) is 7.23. The molecule has 122 valence electrons. The number of carbonyl (C=O) groups excluding carboxylic acids is 1. The van der Waals surface area contributed by atoms with E-state index in [4.69, 9.17) is 9.84 Å². The number of carboxylic acids is 1. The summed E-state index contributed by atoms with van der Waals surface area (Å²) in [5.74, 6) is -1.26. The molecule has 1 atom stereocenters. The van der Waals surface area contributed by atoms with Gasteiger partial charge in [0.15, 0.2) is 6.04 Å². The van der Waals surface area contributed by atoms with Crippen LogP contribution in [-0.2, 0) is 4.79 Å². The SMILES string of the molecule is COc1ccc(-c2cc(C(=O)NC(CF)C(=O)O)sc2C)cc1. The second-order valence-electron chi connectivity index (χ2n) is 4.83. The van der Waals surface area contributed by atoms with Gasteiger partial charge < -0.3 is 15.2 Å². The van der Waals surface area contributed by atoms with E-state index in [1.165, 1.54) is 11.3 Å². The van der Waals surface area contributed by atoms with Crippen molar-refractivity contribution in [3.8, 4) is 16.9 Å². The minimum absolute atomic E-state index is 0.341. The molecule has 0 saturated heterocycles. The van der Waals surface area contributed by atoms with Crippen LogP contribution in [-0.4, -0.2) is 36.8 Å². The molecule has 1 amide bonds. The van der Waals surface area contributed by atoms with E-state index in [2.05, 4.69) is 5.32 Å². The van der Waals surface area contributed by atoms with E-state index in [0.29, 0.717) is 4.88 Å². The van der Waals surface area contributed by atoms with Gasteiger partial charge in [0.05, 0.1) is 12.0 Å². The number of nitrogens with one attached hydrogen (secondary N) is 1. The van der Waals surface area contributed by atoms with Crippen LogP contribution in [0, 0.1) is 6.92 Å². The van der Waals surface area contributed by atoms with Crippen LogP contribution in [0.5, 0.6) is 5.75 Å². The standard InChI is InChI=1S/C16H16FNO4S/c1-9-12(10-3-5-11(22-2)6-4-10)7-14(23-9)15(19)18-13(8-17)16(20)21/h3-7,13H,8H2,1-2H3,(H,18,19)(H,20,21). The summed E-state index contributed by atoms with van der Waals surface area (Å²) >= 11 is 1.23. The Kier molecular flexibility index (Phi) is 5.33. The molecule has 1 aromatic carbocycles. The monoisotopic (exact) mass is 337 g/mol. The minimum atomic E-state index is -1.53. The zero-order chi connectivity index (χ0) is 17.0. The Morgan fingerprint density at radius 2 is 2.00 bits per heavy atom. The zero-order valence-electron chi connectivity index (χ0n) is 12.6. The fraction of sp³-hybridized carbons (Fsp3) is 0.250. The van der Waals surface area contributed by atoms with E-state index in [1.807, 2.05) is 31.2 Å². The minimum Gasteiger partial charge on any atom is -0.497 e. The van der Waals surface area contributed by atoms with Crippen molar-refractivity contribution in [2.24, 2.45) is 0 Å². The molecule has 1 unspecified atom stereocenters. The fourth-order valence-corrected chi connectivity index (χ4v) is 2.99. The van der Waals surface area contributed by atoms with Gasteiger partial charge in [0.25, 0.3) is 5.91 Å². The Labute approximate surface area is 136 Å². The summed E-state index contributed by atoms with van der Waals surface area (Å²) in [5.41, 5.74) is 1.79. The number of hydrogen-bond acceptors (Lipinski definition) is 4. The van der Waals surface area contributed by atoms with Gasteiger partial charge in [-0.1, -0.05) is 12.1 Å². The number of halogens is 1. The van der Waals surface area contributed by atoms with Gasteiger partial charge >= 0.3 is 5.97 Å². The van der Waals surface area contributed by atoms with Gasteiger partial charge in [0, 0.05) is 4.88 Å². The number of amides is 1. The lowest BCUT2D eigenvalue weighted by molar-refractivity contribution is -0.139. The quantitative estimate of drug-likeness (QED) is 0.850. The van der Waals surface area contributed by atoms with Crippen molar-refractivity contribution in [2.45, 2.75) is 13.0 Å². The van der Waals surface area contributed by atoms with E-state index in [-0.39, 0.29) is 0 Å². The van der Waals surface area contributed by atoms with Crippen LogP contribution in [0.1, 0.15) is 14.5 Å². The van der Waals surface area contributed by atoms with Crippen molar-refractivity contribution in [3.05, 3.63) is 40.1 Å². The van der Waals surface area contributed by atoms with Crippen LogP contribution in [0.25, 0.3) is 11.1 Å². The van der Waals surface area contributed by atoms with Gasteiger partial charge in [-0.3, -0.25) is 4.79 Å². The van der Waals surface area contributed by atoms with Gasteiger partial charge in [-0.15, -0.1) is 11.3 Å². The Balaban J connectivity index is 2.22. The first-order valence-electron chi connectivity index (χ1n) is 6.80. The normalized spacial score (nSPS) is 11.8. The van der Waals surface area contributed by atoms with E-state index >= 15 is 0 Å². The molecular formula is C16H16FNO4S. The molecule has 7 heteroatoms. The van der Waals surface area contributed by atoms with Gasteiger partial charge in [-0.05, 0) is 36.2 Å². The van der Waals surface area contributed by atoms with Crippen molar-refractivity contribution in [3.63, 3.8) is 0 Å². The zero-order valence-corrected chi connectivity index (χ0v) is 13.4. The summed E-state index contributed by atoms with van der Waals surface area (Å²) in [6.45, 7) is 0.710. The average Bonchev–Trinajstić information content (AvgIpc) is 2.94. The topological polar surface area (TPSA) is 75.6 Å². The predicted molar refractivity (Wildman–Crippen MR) is 85.9 cm³/mol. The highest BCUT2D eigenvalue weighted by Gasteiger charge is 2.22. The number of methoxy groups -OCH3 is 1. The predicted octanol–water partition coefficient (Wildman–Crippen LogP) is 2.88. The molecule has 0 bridgehead atoms. The number of aliphatic carboxylic acids is 1. The smallest absolute Gasteiger partial charge is 0.328 e. The first-order valence-corrected chi connectivity index (χ1v) is 7.62. The molecule has 5 nitrogen and oxygen atoms in total. The highest BCUT2D eigenvalue weighted by molar-refractivity contribution is 7.14. The summed E-state index contributed by atoms with van der Waals surface area (Å²) in [5, 5.41) is 11.0. The number of aryl methyl sites for hydroxylation is 1. The van der Waals surface area contributed by atoms with Crippen LogP contribution in [0.15, 0.2) is 30.3 Å². The second-order valence-corrected chi connectivity index (χ2v) is 6.08. The fourth-order valence-electron chi connectivity index (χ4n) is 2.05. The number of ether oxygens (including phenoxy) is 1. The number of thiophene rings is 1. The summed E-state index contributed by atoms with van der Waals surface area (Å²) in [4.78, 5) is 24.1. The van der Waals surface area contributed by atoms with Crippen LogP contribution >= 0.6 is 11.3 Å². The maximum absolute atomic E-state index is 12.6. The molecular weight excluding hydrogens is 321 g/mol. The Bertz CT molecular complexity index is 711. The number of benzene rings is 1. The molecule has 2 aromatic rings. The number of carboxylic acid groups (broad SMARTS) is 1. The first-order chi connectivity index (χ1) is 11.0. The molecule has 0 aliphatic carbocycles. The molecule has 1 heterocycles. The molecule has 1 aromatic heterocycles. The third kappa shape index (κ3) is 3.87. The van der Waals surface area contributed by atoms with Gasteiger partial charge in [-0.25, -0.2) is 9.18 Å². The molecule has 0 radical (unpaired) electrons. The molecule has 2 rings (SSSR count). The highest BCUT2D eigenvalue weighted by Crippen LogP contribution is 2.32. The maximum atomic E-state index is 12.6. The molecule has 0 aliphatic rings. The molecule has 0 spiro atoms. The summed E-state index contributed by atoms with van der Waals surface area (Å²) in [6.07, 6.45) is 0.